The van der Waals surface area contributed by atoms with Crippen molar-refractivity contribution in [3.05, 3.63) is 35.3 Å². The highest BCUT2D eigenvalue weighted by Crippen LogP contribution is 2.26. The first-order valence-electron chi connectivity index (χ1n) is 8.89. The maximum atomic E-state index is 12.4. The number of benzene rings is 1. The van der Waals surface area contributed by atoms with Gasteiger partial charge in [0, 0.05) is 30.3 Å². The largest absolute Gasteiger partial charge is 0.336 e. The fourth-order valence-electron chi connectivity index (χ4n) is 2.88. The predicted molar refractivity (Wildman–Crippen MR) is 112 cm³/mol. The maximum absolute atomic E-state index is 12.4. The zero-order valence-electron chi connectivity index (χ0n) is 15.8. The van der Waals surface area contributed by atoms with Crippen LogP contribution >= 0.6 is 23.1 Å². The number of thioether (sulfide) groups is 1. The van der Waals surface area contributed by atoms with Crippen molar-refractivity contribution in [2.45, 2.75) is 24.2 Å². The molecule has 3 rings (SSSR count). The molecule has 2 heterocycles. The lowest BCUT2D eigenvalue weighted by Crippen LogP contribution is -2.36. The van der Waals surface area contributed by atoms with E-state index in [1.165, 1.54) is 16.2 Å². The summed E-state index contributed by atoms with van der Waals surface area (Å²) < 4.78 is 0. The van der Waals surface area contributed by atoms with Gasteiger partial charge >= 0.3 is 0 Å². The molecule has 0 spiro atoms. The number of hydrogen-bond donors (Lipinski definition) is 1. The molecule has 148 valence electrons. The minimum Gasteiger partial charge on any atom is -0.336 e. The lowest BCUT2D eigenvalue weighted by atomic mass is 10.3. The van der Waals surface area contributed by atoms with E-state index in [0.29, 0.717) is 23.8 Å². The molecule has 1 saturated heterocycles. The van der Waals surface area contributed by atoms with E-state index < -0.39 is 0 Å². The summed E-state index contributed by atoms with van der Waals surface area (Å²) in [5, 5.41) is 5.28. The Morgan fingerprint density at radius 1 is 1.36 bits per heavy atom. The highest BCUT2D eigenvalue weighted by Gasteiger charge is 2.24. The van der Waals surface area contributed by atoms with Crippen molar-refractivity contribution in [2.75, 3.05) is 36.6 Å². The predicted octanol–water partition coefficient (Wildman–Crippen LogP) is 2.63. The van der Waals surface area contributed by atoms with Crippen LogP contribution in [-0.4, -0.2) is 54.0 Å². The van der Waals surface area contributed by atoms with E-state index in [2.05, 4.69) is 10.3 Å². The number of rotatable bonds is 7. The van der Waals surface area contributed by atoms with E-state index in [-0.39, 0.29) is 30.7 Å². The highest BCUT2D eigenvalue weighted by atomic mass is 32.2. The minimum atomic E-state index is -0.251. The Labute approximate surface area is 172 Å². The lowest BCUT2D eigenvalue weighted by Gasteiger charge is -2.17. The van der Waals surface area contributed by atoms with Crippen molar-refractivity contribution >= 4 is 51.6 Å². The lowest BCUT2D eigenvalue weighted by molar-refractivity contribution is -0.132. The summed E-state index contributed by atoms with van der Waals surface area (Å²) in [6.45, 7) is 0.639. The Morgan fingerprint density at radius 2 is 2.14 bits per heavy atom. The summed E-state index contributed by atoms with van der Waals surface area (Å²) in [6, 6.07) is 7.53. The number of carbonyl (C=O) groups is 3. The molecule has 0 atom stereocenters. The molecule has 0 radical (unpaired) electrons. The molecule has 0 saturated carbocycles. The topological polar surface area (TPSA) is 82.6 Å². The molecule has 1 aromatic heterocycles. The van der Waals surface area contributed by atoms with Gasteiger partial charge in [-0.25, -0.2) is 4.98 Å². The number of likely N-dealkylation sites (N-methyl/N-ethyl adjacent to an activating group) is 1. The van der Waals surface area contributed by atoms with Crippen molar-refractivity contribution < 1.29 is 14.4 Å². The monoisotopic (exact) mass is 418 g/mol. The SMILES string of the molecule is CSc1ccccc1NC(=O)CN(C)C(=O)Cc1csc(N2CCCC2=O)n1. The third-order valence-corrected chi connectivity index (χ3v) is 6.07. The normalized spacial score (nSPS) is 13.6. The van der Waals surface area contributed by atoms with Crippen LogP contribution in [0, 0.1) is 0 Å². The van der Waals surface area contributed by atoms with Gasteiger partial charge in [0.15, 0.2) is 5.13 Å². The molecule has 1 fully saturated rings. The van der Waals surface area contributed by atoms with E-state index in [9.17, 15) is 14.4 Å². The van der Waals surface area contributed by atoms with Crippen LogP contribution in [0.2, 0.25) is 0 Å². The maximum Gasteiger partial charge on any atom is 0.244 e. The van der Waals surface area contributed by atoms with Crippen molar-refractivity contribution in [3.8, 4) is 0 Å². The zero-order chi connectivity index (χ0) is 20.1. The van der Waals surface area contributed by atoms with Crippen LogP contribution in [0.5, 0.6) is 0 Å². The van der Waals surface area contributed by atoms with Gasteiger partial charge in [-0.05, 0) is 24.8 Å². The first-order chi connectivity index (χ1) is 13.5. The van der Waals surface area contributed by atoms with Gasteiger partial charge in [0.1, 0.15) is 0 Å². The molecule has 1 aromatic carbocycles. The Hall–Kier alpha value is -2.39. The Kier molecular flexibility index (Phi) is 6.69. The molecule has 0 unspecified atom stereocenters. The fourth-order valence-corrected chi connectivity index (χ4v) is 4.30. The molecule has 9 heteroatoms. The van der Waals surface area contributed by atoms with Crippen LogP contribution in [0.15, 0.2) is 34.5 Å². The second kappa shape index (κ2) is 9.20. The van der Waals surface area contributed by atoms with Crippen LogP contribution < -0.4 is 10.2 Å². The van der Waals surface area contributed by atoms with Gasteiger partial charge in [0.05, 0.1) is 24.3 Å². The summed E-state index contributed by atoms with van der Waals surface area (Å²) in [4.78, 5) is 45.0. The number of thiazole rings is 1. The third-order valence-electron chi connectivity index (χ3n) is 4.36. The third kappa shape index (κ3) is 4.90. The first kappa shape index (κ1) is 20.3. The number of nitrogens with zero attached hydrogens (tertiary/aromatic N) is 3. The van der Waals surface area contributed by atoms with Crippen LogP contribution in [-0.2, 0) is 20.8 Å². The van der Waals surface area contributed by atoms with E-state index in [0.717, 1.165) is 17.0 Å². The number of hydrogen-bond acceptors (Lipinski definition) is 6. The van der Waals surface area contributed by atoms with E-state index in [1.54, 1.807) is 29.1 Å². The number of aromatic nitrogens is 1. The second-order valence-corrected chi connectivity index (χ2v) is 8.13. The molecular formula is C19H22N4O3S2. The Balaban J connectivity index is 1.54. The van der Waals surface area contributed by atoms with E-state index in [1.807, 2.05) is 30.5 Å². The van der Waals surface area contributed by atoms with Crippen molar-refractivity contribution in [1.82, 2.24) is 9.88 Å². The molecule has 0 aliphatic carbocycles. The van der Waals surface area contributed by atoms with Gasteiger partial charge in [-0.15, -0.1) is 23.1 Å². The Morgan fingerprint density at radius 3 is 2.86 bits per heavy atom. The van der Waals surface area contributed by atoms with Gasteiger partial charge in [-0.3, -0.25) is 19.3 Å². The molecule has 3 amide bonds. The number of amides is 3. The standard InChI is InChI=1S/C19H22N4O3S2/c1-22(11-16(24)21-14-6-3-4-7-15(14)27-2)18(26)10-13-12-28-19(20-13)23-9-5-8-17(23)25/h3-4,6-7,12H,5,8-11H2,1-2H3,(H,21,24). The van der Waals surface area contributed by atoms with Crippen LogP contribution in [0.4, 0.5) is 10.8 Å². The molecule has 0 bridgehead atoms. The number of nitrogens with one attached hydrogen (secondary N) is 1. The Bertz CT molecular complexity index is 884. The number of carbonyl (C=O) groups excluding carboxylic acids is 3. The molecule has 7 nitrogen and oxygen atoms in total. The average Bonchev–Trinajstić information content (AvgIpc) is 3.30. The molecule has 1 aliphatic rings. The van der Waals surface area contributed by atoms with Crippen molar-refractivity contribution in [2.24, 2.45) is 0 Å². The van der Waals surface area contributed by atoms with Gasteiger partial charge < -0.3 is 10.2 Å². The van der Waals surface area contributed by atoms with E-state index >= 15 is 0 Å². The smallest absolute Gasteiger partial charge is 0.244 e. The van der Waals surface area contributed by atoms with Gasteiger partial charge in [0.25, 0.3) is 0 Å². The highest BCUT2D eigenvalue weighted by molar-refractivity contribution is 7.98. The molecule has 2 aromatic rings. The molecular weight excluding hydrogens is 396 g/mol. The summed E-state index contributed by atoms with van der Waals surface area (Å²) in [5.41, 5.74) is 1.35. The zero-order valence-corrected chi connectivity index (χ0v) is 17.4. The van der Waals surface area contributed by atoms with E-state index in [4.69, 9.17) is 0 Å². The van der Waals surface area contributed by atoms with Crippen molar-refractivity contribution in [1.29, 1.82) is 0 Å². The van der Waals surface area contributed by atoms with Gasteiger partial charge in [0.2, 0.25) is 17.7 Å². The quantitative estimate of drug-likeness (QED) is 0.699. The molecule has 1 aliphatic heterocycles. The van der Waals surface area contributed by atoms with Gasteiger partial charge in [-0.2, -0.15) is 0 Å². The minimum absolute atomic E-state index is 0.0385. The summed E-state index contributed by atoms with van der Waals surface area (Å²) >= 11 is 2.91. The second-order valence-electron chi connectivity index (χ2n) is 6.45. The number of anilines is 2. The fraction of sp³-hybridized carbons (Fsp3) is 0.368. The van der Waals surface area contributed by atoms with Crippen LogP contribution in [0.25, 0.3) is 0 Å². The summed E-state index contributed by atoms with van der Waals surface area (Å²) in [6.07, 6.45) is 3.43. The summed E-state index contributed by atoms with van der Waals surface area (Å²) in [7, 11) is 1.60. The van der Waals surface area contributed by atoms with Crippen LogP contribution in [0.3, 0.4) is 0 Å². The molecule has 28 heavy (non-hydrogen) atoms. The summed E-state index contributed by atoms with van der Waals surface area (Å²) in [5.74, 6) is -0.372. The average molecular weight is 419 g/mol. The molecule has 1 N–H and O–H groups in total. The van der Waals surface area contributed by atoms with Gasteiger partial charge in [-0.1, -0.05) is 12.1 Å². The van der Waals surface area contributed by atoms with Crippen molar-refractivity contribution in [3.63, 3.8) is 0 Å². The number of para-hydroxylation sites is 1. The van der Waals surface area contributed by atoms with Crippen LogP contribution in [0.1, 0.15) is 18.5 Å². The first-order valence-corrected chi connectivity index (χ1v) is 11.0.